The summed E-state index contributed by atoms with van der Waals surface area (Å²) in [6, 6.07) is 1.89. The molecule has 2 N–H and O–H groups in total. The van der Waals surface area contributed by atoms with Gasteiger partial charge in [0, 0.05) is 37.2 Å². The first kappa shape index (κ1) is 29.6. The molecule has 0 saturated carbocycles. The fourth-order valence-electron chi connectivity index (χ4n) is 4.37. The predicted molar refractivity (Wildman–Crippen MR) is 153 cm³/mol. The number of hydrogen-bond acceptors (Lipinski definition) is 4. The van der Waals surface area contributed by atoms with Gasteiger partial charge in [-0.15, -0.1) is 0 Å². The second-order valence-corrected chi connectivity index (χ2v) is 10.2. The van der Waals surface area contributed by atoms with Crippen LogP contribution in [0.25, 0.3) is 0 Å². The van der Waals surface area contributed by atoms with Crippen molar-refractivity contribution < 1.29 is 14.2 Å². The van der Waals surface area contributed by atoms with E-state index in [0.29, 0.717) is 22.6 Å². The first-order valence-electron chi connectivity index (χ1n) is 12.7. The van der Waals surface area contributed by atoms with E-state index in [0.717, 1.165) is 28.7 Å². The topological polar surface area (TPSA) is 77.3 Å². The summed E-state index contributed by atoms with van der Waals surface area (Å²) in [5.74, 6) is -0.372. The Kier molecular flexibility index (Phi) is 11.7. The lowest BCUT2D eigenvalue weighted by Gasteiger charge is -2.16. The molecule has 8 heteroatoms. The van der Waals surface area contributed by atoms with E-state index in [4.69, 9.17) is 0 Å². The molecular weight excluding hydrogens is 518 g/mol. The van der Waals surface area contributed by atoms with Crippen LogP contribution >= 0.6 is 15.9 Å². The molecule has 2 aliphatic heterocycles. The summed E-state index contributed by atoms with van der Waals surface area (Å²) in [6.07, 6.45) is 12.3. The molecule has 36 heavy (non-hydrogen) atoms. The van der Waals surface area contributed by atoms with Gasteiger partial charge in [0.25, 0.3) is 5.91 Å². The number of aryl methyl sites for hydroxylation is 1. The highest BCUT2D eigenvalue weighted by atomic mass is 79.9. The van der Waals surface area contributed by atoms with Gasteiger partial charge in [-0.2, -0.15) is 4.58 Å². The van der Waals surface area contributed by atoms with E-state index in [1.54, 1.807) is 12.3 Å². The molecule has 1 aromatic heterocycles. The van der Waals surface area contributed by atoms with Crippen LogP contribution in [0.15, 0.2) is 46.2 Å². The highest BCUT2D eigenvalue weighted by Crippen LogP contribution is 2.23. The van der Waals surface area contributed by atoms with E-state index in [2.05, 4.69) is 87.1 Å². The van der Waals surface area contributed by atoms with E-state index >= 15 is 0 Å². The van der Waals surface area contributed by atoms with E-state index in [9.17, 15) is 9.59 Å². The molecule has 1 unspecified atom stereocenters. The number of pyridine rings is 1. The second kappa shape index (κ2) is 14.2. The Labute approximate surface area is 224 Å². The molecule has 3 heterocycles. The second-order valence-electron chi connectivity index (χ2n) is 9.30. The van der Waals surface area contributed by atoms with Crippen molar-refractivity contribution in [2.75, 3.05) is 30.8 Å². The van der Waals surface area contributed by atoms with Gasteiger partial charge in [0.05, 0.1) is 28.8 Å². The lowest BCUT2D eigenvalue weighted by atomic mass is 10.1. The number of halogens is 1. The van der Waals surface area contributed by atoms with E-state index in [-0.39, 0.29) is 17.9 Å². The van der Waals surface area contributed by atoms with Crippen LogP contribution in [0.5, 0.6) is 0 Å². The number of hydrogen-bond donors (Lipinski definition) is 2. The lowest BCUT2D eigenvalue weighted by molar-refractivity contribution is -0.509. The van der Waals surface area contributed by atoms with Gasteiger partial charge < -0.3 is 15.5 Å². The maximum absolute atomic E-state index is 13.1. The normalized spacial score (nSPS) is 18.6. The van der Waals surface area contributed by atoms with Gasteiger partial charge in [-0.1, -0.05) is 29.8 Å². The molecule has 0 spiro atoms. The van der Waals surface area contributed by atoms with Crippen LogP contribution in [0, 0.1) is 6.92 Å². The Morgan fingerprint density at radius 3 is 2.36 bits per heavy atom. The Morgan fingerprint density at radius 1 is 1.17 bits per heavy atom. The summed E-state index contributed by atoms with van der Waals surface area (Å²) in [5, 5.41) is 5.66. The molecule has 2 aliphatic rings. The third kappa shape index (κ3) is 8.52. The van der Waals surface area contributed by atoms with Crippen molar-refractivity contribution in [1.82, 2.24) is 9.88 Å². The van der Waals surface area contributed by atoms with Crippen LogP contribution < -0.4 is 10.6 Å². The summed E-state index contributed by atoms with van der Waals surface area (Å²) in [5.41, 5.74) is 4.51. The number of amides is 2. The molecule has 1 atom stereocenters. The minimum atomic E-state index is -0.188. The summed E-state index contributed by atoms with van der Waals surface area (Å²) in [6.45, 7) is 14.0. The number of nitrogens with zero attached hydrogens (tertiary/aromatic N) is 3. The van der Waals surface area contributed by atoms with Crippen molar-refractivity contribution in [3.05, 3.63) is 51.9 Å². The van der Waals surface area contributed by atoms with Crippen LogP contribution in [-0.4, -0.2) is 58.2 Å². The molecule has 2 amide bonds. The van der Waals surface area contributed by atoms with Gasteiger partial charge in [0.1, 0.15) is 0 Å². The van der Waals surface area contributed by atoms with Gasteiger partial charge in [0.15, 0.2) is 17.5 Å². The molecule has 0 aliphatic carbocycles. The molecule has 0 bridgehead atoms. The number of anilines is 2. The Morgan fingerprint density at radius 2 is 1.83 bits per heavy atom. The average molecular weight is 560 g/mol. The minimum Gasteiger partial charge on any atom is -0.325 e. The largest absolute Gasteiger partial charge is 0.325 e. The highest BCUT2D eigenvalue weighted by molar-refractivity contribution is 9.11. The molecular formula is C28H41BrN5O2+. The lowest BCUT2D eigenvalue weighted by Crippen LogP contribution is -2.30. The predicted octanol–water partition coefficient (Wildman–Crippen LogP) is 5.78. The van der Waals surface area contributed by atoms with E-state index in [1.807, 2.05) is 13.8 Å². The molecule has 196 valence electrons. The first-order chi connectivity index (χ1) is 17.1. The molecule has 0 aromatic carbocycles. The molecule has 1 fully saturated rings. The zero-order valence-corrected chi connectivity index (χ0v) is 24.3. The van der Waals surface area contributed by atoms with Crippen molar-refractivity contribution in [3.63, 3.8) is 0 Å². The number of allylic oxidation sites excluding steroid dienone is 4. The zero-order chi connectivity index (χ0) is 26.8. The Hall–Kier alpha value is -2.58. The van der Waals surface area contributed by atoms with Gasteiger partial charge in [-0.25, -0.2) is 0 Å². The third-order valence-corrected chi connectivity index (χ3v) is 6.83. The smallest absolute Gasteiger partial charge is 0.257 e. The fraction of sp³-hybridized carbons (Fsp3) is 0.500. The summed E-state index contributed by atoms with van der Waals surface area (Å²) < 4.78 is 3.24. The SMILES string of the molecule is CC/C(=C(/C)C(=O)Nc1cc(NC(C)=O)cnc1C)[N+]1=C(C)C=C(Br)C=CC1CC.CN1CCCC1. The molecule has 1 saturated heterocycles. The molecule has 7 nitrogen and oxygen atoms in total. The summed E-state index contributed by atoms with van der Waals surface area (Å²) in [7, 11) is 2.17. The minimum absolute atomic E-state index is 0.167. The summed E-state index contributed by atoms with van der Waals surface area (Å²) >= 11 is 3.57. The first-order valence-corrected chi connectivity index (χ1v) is 13.5. The van der Waals surface area contributed by atoms with Gasteiger partial charge in [0.2, 0.25) is 5.91 Å². The molecule has 3 rings (SSSR count). The van der Waals surface area contributed by atoms with Crippen LogP contribution in [0.1, 0.15) is 66.0 Å². The standard InChI is InChI=1S/C23H29BrN4O2.C5H11N/c1-7-20-10-9-18(24)11-14(3)28(20)22(8-2)15(4)23(30)27-21-12-19(26-17(6)29)13-25-16(21)5;1-6-4-2-3-5-6/h9-13,20H,7-8H2,1-6H3,(H-,26,27,29,30);2-5H2,1H3/p+1/b22-15+;. The zero-order valence-electron chi connectivity index (χ0n) is 22.7. The Bertz CT molecular complexity index is 1080. The van der Waals surface area contributed by atoms with Gasteiger partial charge >= 0.3 is 0 Å². The highest BCUT2D eigenvalue weighted by Gasteiger charge is 2.28. The maximum atomic E-state index is 13.1. The number of likely N-dealkylation sites (tertiary alicyclic amines) is 1. The third-order valence-electron chi connectivity index (χ3n) is 6.34. The summed E-state index contributed by atoms with van der Waals surface area (Å²) in [4.78, 5) is 31.1. The van der Waals surface area contributed by atoms with Crippen LogP contribution in [0.4, 0.5) is 11.4 Å². The Balaban J connectivity index is 0.000000662. The van der Waals surface area contributed by atoms with Crippen LogP contribution in [0.3, 0.4) is 0 Å². The van der Waals surface area contributed by atoms with Crippen molar-refractivity contribution >= 4 is 44.8 Å². The van der Waals surface area contributed by atoms with Crippen molar-refractivity contribution in [3.8, 4) is 0 Å². The van der Waals surface area contributed by atoms with Crippen LogP contribution in [0.2, 0.25) is 0 Å². The monoisotopic (exact) mass is 558 g/mol. The number of carbonyl (C=O) groups is 2. The van der Waals surface area contributed by atoms with Gasteiger partial charge in [-0.3, -0.25) is 14.6 Å². The number of rotatable bonds is 6. The van der Waals surface area contributed by atoms with E-state index < -0.39 is 0 Å². The van der Waals surface area contributed by atoms with E-state index in [1.165, 1.54) is 32.9 Å². The molecule has 0 radical (unpaired) electrons. The maximum Gasteiger partial charge on any atom is 0.257 e. The van der Waals surface area contributed by atoms with Crippen molar-refractivity contribution in [2.24, 2.45) is 0 Å². The number of nitrogens with one attached hydrogen (secondary N) is 2. The average Bonchev–Trinajstić information content (AvgIpc) is 3.25. The van der Waals surface area contributed by atoms with Crippen molar-refractivity contribution in [2.45, 2.75) is 73.3 Å². The number of carbonyl (C=O) groups excluding carboxylic acids is 2. The van der Waals surface area contributed by atoms with Crippen molar-refractivity contribution in [1.29, 1.82) is 0 Å². The quantitative estimate of drug-likeness (QED) is 0.342. The molecule has 1 aromatic rings. The fourth-order valence-corrected chi connectivity index (χ4v) is 4.85. The number of aromatic nitrogens is 1. The van der Waals surface area contributed by atoms with Crippen LogP contribution in [-0.2, 0) is 9.59 Å². The van der Waals surface area contributed by atoms with Gasteiger partial charge in [-0.05, 0) is 65.0 Å².